The van der Waals surface area contributed by atoms with E-state index in [9.17, 15) is 9.90 Å². The van der Waals surface area contributed by atoms with Gasteiger partial charge in [-0.15, -0.1) is 0 Å². The second kappa shape index (κ2) is 4.18. The van der Waals surface area contributed by atoms with Crippen LogP contribution in [0.4, 0.5) is 0 Å². The molecule has 0 aromatic heterocycles. The Bertz CT molecular complexity index is 359. The predicted molar refractivity (Wildman–Crippen MR) is 51.9 cm³/mol. The molecule has 0 spiro atoms. The van der Waals surface area contributed by atoms with Crippen molar-refractivity contribution in [3.63, 3.8) is 0 Å². The van der Waals surface area contributed by atoms with Crippen LogP contribution in [0.5, 0.6) is 11.5 Å². The van der Waals surface area contributed by atoms with Crippen LogP contribution in [-0.2, 0) is 4.79 Å². The maximum absolute atomic E-state index is 10.5. The van der Waals surface area contributed by atoms with Gasteiger partial charge >= 0.3 is 5.97 Å². The highest BCUT2D eigenvalue weighted by atomic mass is 16.5. The summed E-state index contributed by atoms with van der Waals surface area (Å²) in [5.41, 5.74) is -1.94. The Labute approximate surface area is 86.5 Å². The van der Waals surface area contributed by atoms with E-state index in [0.29, 0.717) is 5.75 Å². The van der Waals surface area contributed by atoms with Gasteiger partial charge in [-0.25, -0.2) is 4.79 Å². The minimum atomic E-state index is -1.94. The largest absolute Gasteiger partial charge is 0.508 e. The van der Waals surface area contributed by atoms with E-state index in [1.807, 2.05) is 0 Å². The van der Waals surface area contributed by atoms with Gasteiger partial charge in [0.1, 0.15) is 18.1 Å². The van der Waals surface area contributed by atoms with E-state index < -0.39 is 11.6 Å². The van der Waals surface area contributed by atoms with Gasteiger partial charge in [0.05, 0.1) is 0 Å². The van der Waals surface area contributed by atoms with E-state index >= 15 is 0 Å². The Balaban J connectivity index is 2.61. The van der Waals surface area contributed by atoms with E-state index in [0.717, 1.165) is 6.92 Å². The van der Waals surface area contributed by atoms with Gasteiger partial charge in [-0.05, 0) is 19.1 Å². The lowest BCUT2D eigenvalue weighted by Crippen LogP contribution is -2.41. The first-order valence-electron chi connectivity index (χ1n) is 4.29. The monoisotopic (exact) mass is 212 g/mol. The zero-order valence-corrected chi connectivity index (χ0v) is 8.17. The molecule has 0 saturated heterocycles. The van der Waals surface area contributed by atoms with Crippen LogP contribution in [0, 0.1) is 0 Å². The molecular weight excluding hydrogens is 200 g/mol. The van der Waals surface area contributed by atoms with Crippen molar-refractivity contribution >= 4 is 5.97 Å². The summed E-state index contributed by atoms with van der Waals surface area (Å²) >= 11 is 0. The van der Waals surface area contributed by atoms with Crippen molar-refractivity contribution < 1.29 is 24.9 Å². The maximum atomic E-state index is 10.5. The van der Waals surface area contributed by atoms with E-state index in [-0.39, 0.29) is 12.4 Å². The van der Waals surface area contributed by atoms with Gasteiger partial charge in [0.15, 0.2) is 5.60 Å². The lowest BCUT2D eigenvalue weighted by molar-refractivity contribution is -0.159. The fraction of sp³-hybridized carbons (Fsp3) is 0.300. The Kier molecular flexibility index (Phi) is 3.16. The molecular formula is C10H12O5. The Morgan fingerprint density at radius 2 is 2.20 bits per heavy atom. The first kappa shape index (κ1) is 11.3. The number of aliphatic carboxylic acids is 1. The molecule has 0 aliphatic heterocycles. The summed E-state index contributed by atoms with van der Waals surface area (Å²) in [6.45, 7) is 0.754. The minimum absolute atomic E-state index is 0.0162. The van der Waals surface area contributed by atoms with Gasteiger partial charge in [-0.3, -0.25) is 0 Å². The highest BCUT2D eigenvalue weighted by molar-refractivity contribution is 5.76. The van der Waals surface area contributed by atoms with Crippen LogP contribution in [0.2, 0.25) is 0 Å². The van der Waals surface area contributed by atoms with Crippen LogP contribution in [0.3, 0.4) is 0 Å². The number of carboxylic acids is 1. The van der Waals surface area contributed by atoms with Crippen LogP contribution in [0.1, 0.15) is 6.92 Å². The molecule has 5 heteroatoms. The Morgan fingerprint density at radius 1 is 1.53 bits per heavy atom. The number of phenolic OH excluding ortho intramolecular Hbond substituents is 1. The fourth-order valence-corrected chi connectivity index (χ4v) is 0.859. The smallest absolute Gasteiger partial charge is 0.339 e. The molecule has 0 radical (unpaired) electrons. The highest BCUT2D eigenvalue weighted by Crippen LogP contribution is 2.18. The van der Waals surface area contributed by atoms with Gasteiger partial charge in [-0.2, -0.15) is 0 Å². The van der Waals surface area contributed by atoms with Crippen molar-refractivity contribution in [2.45, 2.75) is 12.5 Å². The van der Waals surface area contributed by atoms with Crippen molar-refractivity contribution in [3.05, 3.63) is 24.3 Å². The summed E-state index contributed by atoms with van der Waals surface area (Å²) in [6, 6.07) is 5.90. The van der Waals surface area contributed by atoms with Crippen LogP contribution in [0.25, 0.3) is 0 Å². The molecule has 15 heavy (non-hydrogen) atoms. The average Bonchev–Trinajstić information content (AvgIpc) is 2.15. The molecule has 0 fully saturated rings. The van der Waals surface area contributed by atoms with E-state index in [4.69, 9.17) is 14.9 Å². The highest BCUT2D eigenvalue weighted by Gasteiger charge is 2.30. The summed E-state index contributed by atoms with van der Waals surface area (Å²) in [5.74, 6) is -1.04. The maximum Gasteiger partial charge on any atom is 0.339 e. The molecule has 0 amide bonds. The number of hydrogen-bond donors (Lipinski definition) is 3. The number of aliphatic hydroxyl groups is 1. The topological polar surface area (TPSA) is 87.0 Å². The number of carbonyl (C=O) groups is 1. The summed E-state index contributed by atoms with van der Waals surface area (Å²) in [5, 5.41) is 27.0. The lowest BCUT2D eigenvalue weighted by atomic mass is 10.1. The van der Waals surface area contributed by atoms with Gasteiger partial charge in [0.25, 0.3) is 0 Å². The normalized spacial score (nSPS) is 14.3. The summed E-state index contributed by atoms with van der Waals surface area (Å²) in [6.07, 6.45) is 0. The number of ether oxygens (including phenoxy) is 1. The molecule has 5 nitrogen and oxygen atoms in total. The quantitative estimate of drug-likeness (QED) is 0.680. The molecule has 82 valence electrons. The van der Waals surface area contributed by atoms with Gasteiger partial charge in [0.2, 0.25) is 0 Å². The van der Waals surface area contributed by atoms with Crippen LogP contribution in [-0.4, -0.2) is 33.5 Å². The molecule has 0 saturated carbocycles. The molecule has 3 N–H and O–H groups in total. The second-order valence-corrected chi connectivity index (χ2v) is 3.37. The zero-order valence-electron chi connectivity index (χ0n) is 8.17. The number of phenols is 1. The van der Waals surface area contributed by atoms with E-state index in [1.54, 1.807) is 12.1 Å². The molecule has 0 aliphatic rings. The number of aromatic hydroxyl groups is 1. The van der Waals surface area contributed by atoms with Crippen LogP contribution in [0.15, 0.2) is 24.3 Å². The van der Waals surface area contributed by atoms with Crippen molar-refractivity contribution in [2.75, 3.05) is 6.61 Å². The fourth-order valence-electron chi connectivity index (χ4n) is 0.859. The zero-order chi connectivity index (χ0) is 11.5. The standard InChI is InChI=1S/C10H12O5/c1-10(14,9(12)13)6-15-8-4-2-3-7(11)5-8/h2-5,11,14H,6H2,1H3,(H,12,13). The van der Waals surface area contributed by atoms with Crippen molar-refractivity contribution in [2.24, 2.45) is 0 Å². The van der Waals surface area contributed by atoms with Crippen LogP contribution >= 0.6 is 0 Å². The molecule has 0 aliphatic carbocycles. The predicted octanol–water partition coefficient (Wildman–Crippen LogP) is 0.607. The first-order valence-corrected chi connectivity index (χ1v) is 4.29. The van der Waals surface area contributed by atoms with Gasteiger partial charge < -0.3 is 20.1 Å². The molecule has 1 unspecified atom stereocenters. The number of carboxylic acid groups (broad SMARTS) is 1. The minimum Gasteiger partial charge on any atom is -0.508 e. The van der Waals surface area contributed by atoms with Crippen molar-refractivity contribution in [1.29, 1.82) is 0 Å². The second-order valence-electron chi connectivity index (χ2n) is 3.37. The Morgan fingerprint density at radius 3 is 2.73 bits per heavy atom. The third kappa shape index (κ3) is 3.14. The molecule has 0 heterocycles. The lowest BCUT2D eigenvalue weighted by Gasteiger charge is -2.18. The number of rotatable bonds is 4. The average molecular weight is 212 g/mol. The summed E-state index contributed by atoms with van der Waals surface area (Å²) in [7, 11) is 0. The van der Waals surface area contributed by atoms with E-state index in [2.05, 4.69) is 0 Å². The first-order chi connectivity index (χ1) is 6.92. The molecule has 1 rings (SSSR count). The third-order valence-corrected chi connectivity index (χ3v) is 1.80. The SMILES string of the molecule is CC(O)(COc1cccc(O)c1)C(=O)O. The van der Waals surface area contributed by atoms with Crippen molar-refractivity contribution in [3.8, 4) is 11.5 Å². The molecule has 1 aromatic carbocycles. The van der Waals surface area contributed by atoms with Crippen LogP contribution < -0.4 is 4.74 Å². The van der Waals surface area contributed by atoms with Gasteiger partial charge in [-0.1, -0.05) is 6.07 Å². The summed E-state index contributed by atoms with van der Waals surface area (Å²) < 4.78 is 5.02. The summed E-state index contributed by atoms with van der Waals surface area (Å²) in [4.78, 5) is 10.5. The number of hydrogen-bond acceptors (Lipinski definition) is 4. The third-order valence-electron chi connectivity index (χ3n) is 1.80. The van der Waals surface area contributed by atoms with Crippen molar-refractivity contribution in [1.82, 2.24) is 0 Å². The van der Waals surface area contributed by atoms with Gasteiger partial charge in [0, 0.05) is 6.07 Å². The molecule has 0 bridgehead atoms. The molecule has 1 aromatic rings. The number of benzene rings is 1. The van der Waals surface area contributed by atoms with E-state index in [1.165, 1.54) is 12.1 Å². The molecule has 1 atom stereocenters. The Hall–Kier alpha value is -1.75.